The van der Waals surface area contributed by atoms with Crippen LogP contribution >= 0.6 is 0 Å². The number of rotatable bonds is 4. The third-order valence-corrected chi connectivity index (χ3v) is 3.99. The summed E-state index contributed by atoms with van der Waals surface area (Å²) in [6.45, 7) is 2.08. The van der Waals surface area contributed by atoms with Crippen molar-refractivity contribution >= 4 is 0 Å². The van der Waals surface area contributed by atoms with E-state index in [-0.39, 0.29) is 12.6 Å². The van der Waals surface area contributed by atoms with Crippen molar-refractivity contribution in [3.8, 4) is 0 Å². The van der Waals surface area contributed by atoms with Gasteiger partial charge in [0.2, 0.25) is 0 Å². The monoisotopic (exact) mass is 317 g/mol. The van der Waals surface area contributed by atoms with E-state index in [0.29, 0.717) is 18.5 Å². The second-order valence-electron chi connectivity index (χ2n) is 5.67. The molecule has 0 amide bonds. The maximum atomic E-state index is 12.0. The number of benzene rings is 1. The van der Waals surface area contributed by atoms with Crippen LogP contribution in [0, 0.1) is 6.92 Å². The van der Waals surface area contributed by atoms with E-state index in [1.165, 1.54) is 10.8 Å². The molecule has 0 saturated carbocycles. The summed E-state index contributed by atoms with van der Waals surface area (Å²) in [5, 5.41) is 11.3. The molecule has 2 atom stereocenters. The molecule has 3 rings (SSSR count). The minimum atomic E-state index is -0.543. The molecular formula is C16H19N3O4. The van der Waals surface area contributed by atoms with Crippen LogP contribution in [0.1, 0.15) is 23.8 Å². The minimum absolute atomic E-state index is 0.0690. The maximum Gasteiger partial charge on any atom is 0.330 e. The lowest BCUT2D eigenvalue weighted by molar-refractivity contribution is -0.194. The molecule has 0 radical (unpaired) electrons. The third-order valence-electron chi connectivity index (χ3n) is 3.99. The number of aromatic nitrogens is 2. The Bertz CT molecular complexity index is 784. The molecule has 1 aliphatic heterocycles. The van der Waals surface area contributed by atoms with Crippen molar-refractivity contribution in [2.24, 2.45) is 0 Å². The van der Waals surface area contributed by atoms with Gasteiger partial charge in [0.1, 0.15) is 0 Å². The molecular weight excluding hydrogens is 298 g/mol. The quantitative estimate of drug-likeness (QED) is 0.859. The Balaban J connectivity index is 1.83. The van der Waals surface area contributed by atoms with Gasteiger partial charge >= 0.3 is 5.69 Å². The number of nitrogens with one attached hydrogen (secondary N) is 1. The lowest BCUT2D eigenvalue weighted by Crippen LogP contribution is -2.33. The molecule has 0 aliphatic carbocycles. The number of nitrogens with zero attached hydrogens (tertiary/aromatic N) is 2. The van der Waals surface area contributed by atoms with Gasteiger partial charge in [-0.1, -0.05) is 30.3 Å². The summed E-state index contributed by atoms with van der Waals surface area (Å²) >= 11 is 0. The zero-order chi connectivity index (χ0) is 16.4. The number of H-pyrrole nitrogens is 1. The third kappa shape index (κ3) is 3.26. The number of hydroxylamine groups is 2. The highest BCUT2D eigenvalue weighted by Crippen LogP contribution is 2.29. The van der Waals surface area contributed by atoms with Crippen LogP contribution in [-0.4, -0.2) is 32.4 Å². The lowest BCUT2D eigenvalue weighted by atomic mass is 10.1. The van der Waals surface area contributed by atoms with E-state index in [4.69, 9.17) is 4.84 Å². The number of aromatic amines is 1. The molecule has 122 valence electrons. The van der Waals surface area contributed by atoms with Crippen molar-refractivity contribution in [2.45, 2.75) is 32.2 Å². The van der Waals surface area contributed by atoms with Gasteiger partial charge in [0.05, 0.1) is 12.6 Å². The van der Waals surface area contributed by atoms with E-state index in [0.717, 1.165) is 5.56 Å². The molecule has 1 saturated heterocycles. The zero-order valence-electron chi connectivity index (χ0n) is 12.8. The topological polar surface area (TPSA) is 87.6 Å². The average Bonchev–Trinajstić information content (AvgIpc) is 2.94. The molecule has 2 N–H and O–H groups in total. The van der Waals surface area contributed by atoms with E-state index >= 15 is 0 Å². The largest absolute Gasteiger partial charge is 0.395 e. The summed E-state index contributed by atoms with van der Waals surface area (Å²) in [6, 6.07) is 9.55. The zero-order valence-corrected chi connectivity index (χ0v) is 12.8. The van der Waals surface area contributed by atoms with Gasteiger partial charge in [-0.2, -0.15) is 5.06 Å². The van der Waals surface area contributed by atoms with Gasteiger partial charge in [0.15, 0.2) is 6.23 Å². The number of aryl methyl sites for hydroxylation is 1. The Morgan fingerprint density at radius 3 is 2.74 bits per heavy atom. The Kier molecular flexibility index (Phi) is 4.42. The van der Waals surface area contributed by atoms with Crippen LogP contribution in [0.5, 0.6) is 0 Å². The summed E-state index contributed by atoms with van der Waals surface area (Å²) in [5.41, 5.74) is 0.583. The molecule has 0 spiro atoms. The molecule has 2 aromatic rings. The van der Waals surface area contributed by atoms with Crippen LogP contribution in [0.25, 0.3) is 0 Å². The predicted molar refractivity (Wildman–Crippen MR) is 83.7 cm³/mol. The van der Waals surface area contributed by atoms with Crippen LogP contribution in [-0.2, 0) is 11.4 Å². The van der Waals surface area contributed by atoms with Gasteiger partial charge in [0, 0.05) is 24.7 Å². The number of aliphatic hydroxyl groups is 1. The lowest BCUT2D eigenvalue weighted by Gasteiger charge is -2.21. The molecule has 23 heavy (non-hydrogen) atoms. The highest BCUT2D eigenvalue weighted by Gasteiger charge is 2.34. The van der Waals surface area contributed by atoms with Gasteiger partial charge in [0.25, 0.3) is 5.56 Å². The first kappa shape index (κ1) is 15.7. The fourth-order valence-corrected chi connectivity index (χ4v) is 2.70. The van der Waals surface area contributed by atoms with Crippen LogP contribution in [0.2, 0.25) is 0 Å². The van der Waals surface area contributed by atoms with E-state index in [1.807, 2.05) is 30.3 Å². The number of hydrogen-bond acceptors (Lipinski definition) is 5. The molecule has 0 unspecified atom stereocenters. The van der Waals surface area contributed by atoms with Crippen molar-refractivity contribution in [1.82, 2.24) is 14.6 Å². The maximum absolute atomic E-state index is 12.0. The molecule has 2 heterocycles. The Morgan fingerprint density at radius 1 is 1.30 bits per heavy atom. The van der Waals surface area contributed by atoms with Gasteiger partial charge < -0.3 is 5.11 Å². The summed E-state index contributed by atoms with van der Waals surface area (Å²) in [4.78, 5) is 31.6. The highest BCUT2D eigenvalue weighted by atomic mass is 16.7. The molecule has 7 heteroatoms. The first-order chi connectivity index (χ1) is 11.1. The molecule has 1 aromatic heterocycles. The highest BCUT2D eigenvalue weighted by molar-refractivity contribution is 5.14. The van der Waals surface area contributed by atoms with Gasteiger partial charge in [-0.15, -0.1) is 0 Å². The Morgan fingerprint density at radius 2 is 2.04 bits per heavy atom. The van der Waals surface area contributed by atoms with Crippen molar-refractivity contribution in [3.05, 3.63) is 68.5 Å². The number of hydrogen-bond donors (Lipinski definition) is 2. The van der Waals surface area contributed by atoms with E-state index in [2.05, 4.69) is 4.98 Å². The van der Waals surface area contributed by atoms with Crippen LogP contribution in [0.15, 0.2) is 46.1 Å². The normalized spacial score (nSPS) is 21.7. The first-order valence-corrected chi connectivity index (χ1v) is 7.48. The van der Waals surface area contributed by atoms with Crippen LogP contribution in [0.3, 0.4) is 0 Å². The second-order valence-corrected chi connectivity index (χ2v) is 5.67. The van der Waals surface area contributed by atoms with E-state index in [1.54, 1.807) is 12.0 Å². The Hall–Kier alpha value is -2.22. The van der Waals surface area contributed by atoms with Crippen LogP contribution in [0.4, 0.5) is 0 Å². The van der Waals surface area contributed by atoms with Crippen molar-refractivity contribution in [1.29, 1.82) is 0 Å². The first-order valence-electron chi connectivity index (χ1n) is 7.48. The average molecular weight is 317 g/mol. The fraction of sp³-hybridized carbons (Fsp3) is 0.375. The van der Waals surface area contributed by atoms with Gasteiger partial charge in [-0.05, 0) is 12.5 Å². The second kappa shape index (κ2) is 6.49. The molecule has 7 nitrogen and oxygen atoms in total. The molecule has 1 aromatic carbocycles. The van der Waals surface area contributed by atoms with Gasteiger partial charge in [-0.3, -0.25) is 19.2 Å². The summed E-state index contributed by atoms with van der Waals surface area (Å²) in [7, 11) is 0. The molecule has 1 aliphatic rings. The predicted octanol–water partition coefficient (Wildman–Crippen LogP) is 0.542. The number of aliphatic hydroxyl groups excluding tert-OH is 1. The summed E-state index contributed by atoms with van der Waals surface area (Å²) in [5.74, 6) is 0. The SMILES string of the molecule is Cc1cn([C@@H]2C[C@H](CO)N(Cc3ccccc3)O2)c(=O)[nH]c1=O. The summed E-state index contributed by atoms with van der Waals surface area (Å²) in [6.07, 6.45) is 1.42. The smallest absolute Gasteiger partial charge is 0.330 e. The minimum Gasteiger partial charge on any atom is -0.395 e. The molecule has 0 bridgehead atoms. The van der Waals surface area contributed by atoms with E-state index in [9.17, 15) is 14.7 Å². The van der Waals surface area contributed by atoms with Crippen molar-refractivity contribution < 1.29 is 9.94 Å². The van der Waals surface area contributed by atoms with E-state index < -0.39 is 17.5 Å². The summed E-state index contributed by atoms with van der Waals surface area (Å²) < 4.78 is 1.37. The van der Waals surface area contributed by atoms with Crippen molar-refractivity contribution in [2.75, 3.05) is 6.61 Å². The van der Waals surface area contributed by atoms with Crippen LogP contribution < -0.4 is 11.2 Å². The van der Waals surface area contributed by atoms with Crippen molar-refractivity contribution in [3.63, 3.8) is 0 Å². The standard InChI is InChI=1S/C16H19N3O4/c1-11-8-18(16(22)17-15(11)21)14-7-13(10-20)19(23-14)9-12-5-3-2-4-6-12/h2-6,8,13-14,20H,7,9-10H2,1H3,(H,17,21,22)/t13-,14+/m1/s1. The van der Waals surface area contributed by atoms with Gasteiger partial charge in [-0.25, -0.2) is 4.79 Å². The molecule has 1 fully saturated rings. The fourth-order valence-electron chi connectivity index (χ4n) is 2.70. The Labute approximate surface area is 132 Å².